The number of rotatable bonds is 0. The maximum absolute atomic E-state index is 3.00. The first-order chi connectivity index (χ1) is 4.00. The molecule has 1 heterocycles. The zero-order chi connectivity index (χ0) is 6.24. The van der Waals surface area contributed by atoms with E-state index in [1.54, 1.807) is 0 Å². The zero-order valence-corrected chi connectivity index (χ0v) is 5.04. The lowest BCUT2D eigenvalue weighted by Gasteiger charge is -2.12. The molecule has 0 atom stereocenters. The molecule has 1 fully saturated rings. The van der Waals surface area contributed by atoms with Crippen molar-refractivity contribution in [2.75, 3.05) is 13.1 Å². The first-order valence-electron chi connectivity index (χ1n) is 2.71. The normalized spacial score (nSPS) is 18.5. The van der Waals surface area contributed by atoms with E-state index in [2.05, 4.69) is 29.5 Å². The van der Waals surface area contributed by atoms with Crippen molar-refractivity contribution < 1.29 is 0 Å². The number of hydrogen-bond donors (Lipinski definition) is 3. The molecule has 3 N–H and O–H groups in total. The van der Waals surface area contributed by atoms with E-state index < -0.39 is 0 Å². The van der Waals surface area contributed by atoms with Gasteiger partial charge in [-0.3, -0.25) is 0 Å². The highest BCUT2D eigenvalue weighted by molar-refractivity contribution is 4.47. The Morgan fingerprint density at radius 1 is 1.00 bits per heavy atom. The highest BCUT2D eigenvalue weighted by atomic mass is 15.6. The standard InChI is InChI=1S/C3H9N3.C2H4/c1-2-4-6-5-3-1;1-2/h4-6H,1-3H2;1-2H2. The van der Waals surface area contributed by atoms with Gasteiger partial charge in [-0.1, -0.05) is 0 Å². The Kier molecular flexibility index (Phi) is 6.31. The molecule has 0 aromatic rings. The summed E-state index contributed by atoms with van der Waals surface area (Å²) in [5.74, 6) is 0. The lowest BCUT2D eigenvalue weighted by molar-refractivity contribution is 0.372. The Bertz CT molecular complexity index is 31.4. The van der Waals surface area contributed by atoms with Crippen LogP contribution in [0.4, 0.5) is 0 Å². The van der Waals surface area contributed by atoms with Crippen LogP contribution >= 0.6 is 0 Å². The third-order valence-electron chi connectivity index (χ3n) is 0.780. The summed E-state index contributed by atoms with van der Waals surface area (Å²) in [5, 5.41) is 0. The van der Waals surface area contributed by atoms with Gasteiger partial charge in [-0.25, -0.2) is 10.9 Å². The number of nitrogens with one attached hydrogen (secondary N) is 3. The fourth-order valence-corrected chi connectivity index (χ4v) is 0.453. The molecule has 1 saturated heterocycles. The van der Waals surface area contributed by atoms with Crippen molar-refractivity contribution >= 4 is 0 Å². The van der Waals surface area contributed by atoms with Gasteiger partial charge in [0, 0.05) is 13.1 Å². The molecule has 0 spiro atoms. The second kappa shape index (κ2) is 6.62. The summed E-state index contributed by atoms with van der Waals surface area (Å²) in [7, 11) is 0. The smallest absolute Gasteiger partial charge is 0.0126 e. The first-order valence-corrected chi connectivity index (χ1v) is 2.71. The van der Waals surface area contributed by atoms with Crippen LogP contribution in [0.15, 0.2) is 13.2 Å². The Hall–Kier alpha value is -0.380. The third-order valence-corrected chi connectivity index (χ3v) is 0.780. The minimum Gasteiger partial charge on any atom is -0.244 e. The summed E-state index contributed by atoms with van der Waals surface area (Å²) in [6, 6.07) is 0. The van der Waals surface area contributed by atoms with E-state index >= 15 is 0 Å². The second-order valence-corrected chi connectivity index (χ2v) is 1.33. The van der Waals surface area contributed by atoms with Gasteiger partial charge in [0.15, 0.2) is 0 Å². The average molecular weight is 115 g/mol. The number of hydrazine groups is 2. The van der Waals surface area contributed by atoms with Crippen molar-refractivity contribution in [1.29, 1.82) is 0 Å². The largest absolute Gasteiger partial charge is 0.244 e. The van der Waals surface area contributed by atoms with Gasteiger partial charge >= 0.3 is 0 Å². The summed E-state index contributed by atoms with van der Waals surface area (Å²) < 4.78 is 0. The van der Waals surface area contributed by atoms with E-state index in [9.17, 15) is 0 Å². The molecule has 0 aromatic carbocycles. The van der Waals surface area contributed by atoms with Crippen molar-refractivity contribution in [3.8, 4) is 0 Å². The Morgan fingerprint density at radius 2 is 1.50 bits per heavy atom. The SMILES string of the molecule is C1CNNNC1.C=C. The molecule has 0 saturated carbocycles. The molecule has 0 amide bonds. The molecular formula is C5H13N3. The quantitative estimate of drug-likeness (QED) is 0.382. The van der Waals surface area contributed by atoms with Crippen molar-refractivity contribution in [2.45, 2.75) is 6.42 Å². The molecule has 8 heavy (non-hydrogen) atoms. The molecule has 1 aliphatic heterocycles. The molecule has 48 valence electrons. The predicted octanol–water partition coefficient (Wildman–Crippen LogP) is -0.209. The molecule has 3 heteroatoms. The van der Waals surface area contributed by atoms with Crippen molar-refractivity contribution in [2.24, 2.45) is 0 Å². The van der Waals surface area contributed by atoms with E-state index in [0.29, 0.717) is 0 Å². The van der Waals surface area contributed by atoms with E-state index in [-0.39, 0.29) is 0 Å². The lowest BCUT2D eigenvalue weighted by Crippen LogP contribution is -2.49. The van der Waals surface area contributed by atoms with Gasteiger partial charge in [-0.15, -0.1) is 13.2 Å². The van der Waals surface area contributed by atoms with Gasteiger partial charge in [0.1, 0.15) is 0 Å². The fourth-order valence-electron chi connectivity index (χ4n) is 0.453. The molecule has 3 nitrogen and oxygen atoms in total. The minimum absolute atomic E-state index is 1.08. The fraction of sp³-hybridized carbons (Fsp3) is 0.600. The van der Waals surface area contributed by atoms with Crippen LogP contribution in [0.1, 0.15) is 6.42 Å². The van der Waals surface area contributed by atoms with Crippen molar-refractivity contribution in [1.82, 2.24) is 16.4 Å². The highest BCUT2D eigenvalue weighted by Crippen LogP contribution is 1.71. The molecule has 0 bridgehead atoms. The van der Waals surface area contributed by atoms with Crippen LogP contribution in [0, 0.1) is 0 Å². The average Bonchev–Trinajstić information content (AvgIpc) is 1.96. The number of hydrogen-bond acceptors (Lipinski definition) is 3. The molecule has 0 radical (unpaired) electrons. The Morgan fingerprint density at radius 3 is 1.62 bits per heavy atom. The maximum Gasteiger partial charge on any atom is 0.0126 e. The van der Waals surface area contributed by atoms with Crippen LogP contribution in [0.25, 0.3) is 0 Å². The molecule has 1 aliphatic rings. The summed E-state index contributed by atoms with van der Waals surface area (Å²) in [4.78, 5) is 0. The summed E-state index contributed by atoms with van der Waals surface area (Å²) >= 11 is 0. The summed E-state index contributed by atoms with van der Waals surface area (Å²) in [5.41, 5.74) is 8.63. The van der Waals surface area contributed by atoms with E-state index in [1.807, 2.05) is 0 Å². The van der Waals surface area contributed by atoms with Gasteiger partial charge in [0.2, 0.25) is 0 Å². The van der Waals surface area contributed by atoms with Crippen LogP contribution in [-0.4, -0.2) is 13.1 Å². The van der Waals surface area contributed by atoms with Gasteiger partial charge in [0.05, 0.1) is 0 Å². The molecule has 0 aliphatic carbocycles. The predicted molar refractivity (Wildman–Crippen MR) is 35.0 cm³/mol. The lowest BCUT2D eigenvalue weighted by atomic mass is 10.4. The van der Waals surface area contributed by atoms with E-state index in [4.69, 9.17) is 0 Å². The van der Waals surface area contributed by atoms with Gasteiger partial charge < -0.3 is 0 Å². The minimum atomic E-state index is 1.08. The second-order valence-electron chi connectivity index (χ2n) is 1.33. The van der Waals surface area contributed by atoms with Gasteiger partial charge in [0.25, 0.3) is 0 Å². The third kappa shape index (κ3) is 3.80. The van der Waals surface area contributed by atoms with E-state index in [0.717, 1.165) is 13.1 Å². The highest BCUT2D eigenvalue weighted by Gasteiger charge is 1.90. The molecule has 1 rings (SSSR count). The maximum atomic E-state index is 3.00. The van der Waals surface area contributed by atoms with Crippen LogP contribution in [0.2, 0.25) is 0 Å². The van der Waals surface area contributed by atoms with Crippen molar-refractivity contribution in [3.05, 3.63) is 13.2 Å². The first kappa shape index (κ1) is 7.62. The van der Waals surface area contributed by atoms with Crippen molar-refractivity contribution in [3.63, 3.8) is 0 Å². The van der Waals surface area contributed by atoms with E-state index in [1.165, 1.54) is 6.42 Å². The molecular weight excluding hydrogens is 102 g/mol. The van der Waals surface area contributed by atoms with Crippen LogP contribution in [0.5, 0.6) is 0 Å². The summed E-state index contributed by atoms with van der Waals surface area (Å²) in [6.07, 6.45) is 1.22. The Balaban J connectivity index is 0.000000222. The molecule has 0 unspecified atom stereocenters. The van der Waals surface area contributed by atoms with Crippen LogP contribution < -0.4 is 16.4 Å². The summed E-state index contributed by atoms with van der Waals surface area (Å²) in [6.45, 7) is 8.15. The van der Waals surface area contributed by atoms with Gasteiger partial charge in [-0.2, -0.15) is 5.53 Å². The topological polar surface area (TPSA) is 36.1 Å². The Labute approximate surface area is 50.1 Å². The van der Waals surface area contributed by atoms with Gasteiger partial charge in [-0.05, 0) is 6.42 Å². The molecule has 0 aromatic heterocycles. The zero-order valence-electron chi connectivity index (χ0n) is 5.04. The monoisotopic (exact) mass is 115 g/mol. The van der Waals surface area contributed by atoms with Crippen LogP contribution in [0.3, 0.4) is 0 Å². The van der Waals surface area contributed by atoms with Crippen LogP contribution in [-0.2, 0) is 0 Å².